The van der Waals surface area contributed by atoms with Gasteiger partial charge in [0.1, 0.15) is 6.61 Å². The van der Waals surface area contributed by atoms with Crippen LogP contribution in [0.25, 0.3) is 0 Å². The number of amides is 1. The summed E-state index contributed by atoms with van der Waals surface area (Å²) in [5.41, 5.74) is 0.934. The van der Waals surface area contributed by atoms with Crippen LogP contribution in [-0.2, 0) is 20.8 Å². The van der Waals surface area contributed by atoms with E-state index in [0.29, 0.717) is 19.6 Å². The van der Waals surface area contributed by atoms with Crippen LogP contribution in [-0.4, -0.2) is 42.8 Å². The number of alkyl carbamates (subject to hydrolysis) is 1. The van der Waals surface area contributed by atoms with Crippen molar-refractivity contribution in [3.63, 3.8) is 0 Å². The lowest BCUT2D eigenvalue weighted by atomic mass is 9.81. The molecule has 1 saturated carbocycles. The standard InChI is InChI=1S/C17H23NO5/c19-11-14-6-7-17(22-8-9-23-17)10-15(14)18-16(20)21-12-13-4-2-1-3-5-13/h1-5,14-15,19H,6-12H2,(H,18,20). The molecule has 0 aromatic heterocycles. The first-order chi connectivity index (χ1) is 11.2. The lowest BCUT2D eigenvalue weighted by molar-refractivity contribution is -0.189. The van der Waals surface area contributed by atoms with Gasteiger partial charge < -0.3 is 24.6 Å². The number of carbonyl (C=O) groups is 1. The van der Waals surface area contributed by atoms with Gasteiger partial charge in [0.2, 0.25) is 0 Å². The second-order valence-electron chi connectivity index (χ2n) is 6.11. The summed E-state index contributed by atoms with van der Waals surface area (Å²) in [5, 5.41) is 12.4. The maximum absolute atomic E-state index is 12.1. The number of hydrogen-bond donors (Lipinski definition) is 2. The molecule has 1 spiro atoms. The highest BCUT2D eigenvalue weighted by atomic mass is 16.7. The Kier molecular flexibility index (Phi) is 5.15. The second-order valence-corrected chi connectivity index (χ2v) is 6.11. The normalized spacial score (nSPS) is 26.1. The molecule has 1 saturated heterocycles. The van der Waals surface area contributed by atoms with Crippen molar-refractivity contribution in [1.82, 2.24) is 5.32 Å². The zero-order valence-electron chi connectivity index (χ0n) is 13.1. The highest BCUT2D eigenvalue weighted by molar-refractivity contribution is 5.67. The van der Waals surface area contributed by atoms with E-state index in [1.807, 2.05) is 30.3 Å². The Morgan fingerprint density at radius 2 is 2.04 bits per heavy atom. The van der Waals surface area contributed by atoms with E-state index in [2.05, 4.69) is 5.32 Å². The maximum atomic E-state index is 12.1. The summed E-state index contributed by atoms with van der Waals surface area (Å²) < 4.78 is 16.7. The van der Waals surface area contributed by atoms with E-state index in [-0.39, 0.29) is 25.2 Å². The molecule has 2 aliphatic rings. The van der Waals surface area contributed by atoms with Crippen molar-refractivity contribution >= 4 is 6.09 Å². The molecule has 6 heteroatoms. The number of rotatable bonds is 4. The van der Waals surface area contributed by atoms with Gasteiger partial charge in [0.05, 0.1) is 13.2 Å². The van der Waals surface area contributed by atoms with E-state index < -0.39 is 11.9 Å². The molecule has 0 bridgehead atoms. The molecule has 1 amide bonds. The van der Waals surface area contributed by atoms with Crippen LogP contribution < -0.4 is 5.32 Å². The molecule has 126 valence electrons. The summed E-state index contributed by atoms with van der Waals surface area (Å²) in [4.78, 5) is 12.1. The van der Waals surface area contributed by atoms with E-state index >= 15 is 0 Å². The molecule has 1 aliphatic carbocycles. The molecule has 1 heterocycles. The number of hydrogen-bond acceptors (Lipinski definition) is 5. The minimum atomic E-state index is -0.608. The summed E-state index contributed by atoms with van der Waals surface area (Å²) in [6.07, 6.45) is 1.56. The van der Waals surface area contributed by atoms with Crippen LogP contribution in [0.1, 0.15) is 24.8 Å². The van der Waals surface area contributed by atoms with Gasteiger partial charge in [-0.2, -0.15) is 0 Å². The Morgan fingerprint density at radius 3 is 2.74 bits per heavy atom. The predicted molar refractivity (Wildman–Crippen MR) is 82.6 cm³/mol. The Labute approximate surface area is 135 Å². The van der Waals surface area contributed by atoms with Crippen LogP contribution >= 0.6 is 0 Å². The fourth-order valence-corrected chi connectivity index (χ4v) is 3.27. The van der Waals surface area contributed by atoms with E-state index in [0.717, 1.165) is 18.4 Å². The van der Waals surface area contributed by atoms with E-state index in [4.69, 9.17) is 14.2 Å². The summed E-state index contributed by atoms with van der Waals surface area (Å²) in [7, 11) is 0. The number of carbonyl (C=O) groups excluding carboxylic acids is 1. The van der Waals surface area contributed by atoms with Crippen molar-refractivity contribution in [2.45, 2.75) is 37.7 Å². The first kappa shape index (κ1) is 16.2. The van der Waals surface area contributed by atoms with E-state index in [1.165, 1.54) is 0 Å². The van der Waals surface area contributed by atoms with Crippen LogP contribution in [0.2, 0.25) is 0 Å². The van der Waals surface area contributed by atoms with Gasteiger partial charge in [0, 0.05) is 31.4 Å². The molecule has 6 nitrogen and oxygen atoms in total. The number of nitrogens with one attached hydrogen (secondary N) is 1. The number of aliphatic hydroxyl groups excluding tert-OH is 1. The van der Waals surface area contributed by atoms with Gasteiger partial charge >= 0.3 is 6.09 Å². The molecular formula is C17H23NO5. The van der Waals surface area contributed by atoms with E-state index in [1.54, 1.807) is 0 Å². The van der Waals surface area contributed by atoms with Gasteiger partial charge in [-0.3, -0.25) is 0 Å². The Morgan fingerprint density at radius 1 is 1.30 bits per heavy atom. The third kappa shape index (κ3) is 4.02. The lowest BCUT2D eigenvalue weighted by Gasteiger charge is -2.40. The lowest BCUT2D eigenvalue weighted by Crippen LogP contribution is -2.51. The molecule has 1 aromatic rings. The summed E-state index contributed by atoms with van der Waals surface area (Å²) in [5.74, 6) is -0.610. The summed E-state index contributed by atoms with van der Waals surface area (Å²) >= 11 is 0. The molecule has 2 N–H and O–H groups in total. The third-order valence-electron chi connectivity index (χ3n) is 4.56. The van der Waals surface area contributed by atoms with Gasteiger partial charge in [-0.05, 0) is 12.0 Å². The van der Waals surface area contributed by atoms with Crippen LogP contribution in [0.4, 0.5) is 4.79 Å². The topological polar surface area (TPSA) is 77.0 Å². The first-order valence-corrected chi connectivity index (χ1v) is 8.07. The Bertz CT molecular complexity index is 515. The van der Waals surface area contributed by atoms with Crippen LogP contribution in [0.3, 0.4) is 0 Å². The zero-order chi connectivity index (χ0) is 16.1. The average molecular weight is 321 g/mol. The van der Waals surface area contributed by atoms with Gasteiger partial charge in [-0.1, -0.05) is 30.3 Å². The smallest absolute Gasteiger partial charge is 0.407 e. The summed E-state index contributed by atoms with van der Waals surface area (Å²) in [6, 6.07) is 9.31. The minimum Gasteiger partial charge on any atom is -0.445 e. The zero-order valence-corrected chi connectivity index (χ0v) is 13.1. The Balaban J connectivity index is 1.54. The quantitative estimate of drug-likeness (QED) is 0.884. The fraction of sp³-hybridized carbons (Fsp3) is 0.588. The molecule has 1 aromatic carbocycles. The predicted octanol–water partition coefficient (Wildman–Crippen LogP) is 1.82. The Hall–Kier alpha value is -1.63. The van der Waals surface area contributed by atoms with Crippen LogP contribution in [0.5, 0.6) is 0 Å². The molecule has 23 heavy (non-hydrogen) atoms. The molecule has 1 aliphatic heterocycles. The largest absolute Gasteiger partial charge is 0.445 e. The molecule has 3 rings (SSSR count). The van der Waals surface area contributed by atoms with Gasteiger partial charge in [0.25, 0.3) is 0 Å². The van der Waals surface area contributed by atoms with Crippen molar-refractivity contribution in [3.8, 4) is 0 Å². The molecule has 2 atom stereocenters. The monoisotopic (exact) mass is 321 g/mol. The summed E-state index contributed by atoms with van der Waals surface area (Å²) in [6.45, 7) is 1.41. The van der Waals surface area contributed by atoms with Crippen molar-refractivity contribution in [2.24, 2.45) is 5.92 Å². The van der Waals surface area contributed by atoms with Crippen molar-refractivity contribution < 1.29 is 24.1 Å². The first-order valence-electron chi connectivity index (χ1n) is 8.07. The molecule has 2 unspecified atom stereocenters. The number of ether oxygens (including phenoxy) is 3. The fourth-order valence-electron chi connectivity index (χ4n) is 3.27. The maximum Gasteiger partial charge on any atom is 0.407 e. The van der Waals surface area contributed by atoms with E-state index in [9.17, 15) is 9.90 Å². The van der Waals surface area contributed by atoms with Crippen LogP contribution in [0, 0.1) is 5.92 Å². The number of aliphatic hydroxyl groups is 1. The third-order valence-corrected chi connectivity index (χ3v) is 4.56. The van der Waals surface area contributed by atoms with Crippen molar-refractivity contribution in [3.05, 3.63) is 35.9 Å². The van der Waals surface area contributed by atoms with Crippen molar-refractivity contribution in [1.29, 1.82) is 0 Å². The SMILES string of the molecule is O=C(NC1CC2(CCC1CO)OCCO2)OCc1ccccc1. The molecule has 0 radical (unpaired) electrons. The average Bonchev–Trinajstić information content (AvgIpc) is 3.02. The molecule has 2 fully saturated rings. The molecular weight excluding hydrogens is 298 g/mol. The minimum absolute atomic E-state index is 0.00213. The highest BCUT2D eigenvalue weighted by Gasteiger charge is 2.45. The van der Waals surface area contributed by atoms with Gasteiger partial charge in [-0.15, -0.1) is 0 Å². The highest BCUT2D eigenvalue weighted by Crippen LogP contribution is 2.38. The second kappa shape index (κ2) is 7.29. The number of benzene rings is 1. The van der Waals surface area contributed by atoms with Gasteiger partial charge in [-0.25, -0.2) is 4.79 Å². The van der Waals surface area contributed by atoms with Crippen LogP contribution in [0.15, 0.2) is 30.3 Å². The van der Waals surface area contributed by atoms with Crippen molar-refractivity contribution in [2.75, 3.05) is 19.8 Å². The van der Waals surface area contributed by atoms with Gasteiger partial charge in [0.15, 0.2) is 5.79 Å².